The Hall–Kier alpha value is -2.89. The van der Waals surface area contributed by atoms with Crippen LogP contribution in [-0.2, 0) is 10.1 Å². The normalized spacial score (nSPS) is 10.4. The number of benzene rings is 3. The van der Waals surface area contributed by atoms with Gasteiger partial charge in [0.1, 0.15) is 10.1 Å². The van der Waals surface area contributed by atoms with Crippen LogP contribution in [0.3, 0.4) is 0 Å². The van der Waals surface area contributed by atoms with Gasteiger partial charge in [0, 0.05) is 17.1 Å². The Morgan fingerprint density at radius 1 is 0.645 bits per heavy atom. The number of anilines is 4. The van der Waals surface area contributed by atoms with Crippen molar-refractivity contribution in [3.63, 3.8) is 0 Å². The topological polar surface area (TPSA) is 139 Å². The minimum atomic E-state index is -4.93. The minimum absolute atomic E-state index is 0. The molecule has 3 aromatic carbocycles. The van der Waals surface area contributed by atoms with Crippen molar-refractivity contribution in [1.29, 1.82) is 0 Å². The van der Waals surface area contributed by atoms with E-state index in [1.165, 1.54) is 12.1 Å². The molecule has 0 aliphatic carbocycles. The summed E-state index contributed by atoms with van der Waals surface area (Å²) < 4.78 is 35.0. The molecule has 0 atom stereocenters. The Bertz CT molecular complexity index is 1160. The predicted octanol–water partition coefficient (Wildman–Crippen LogP) is 0.883. The zero-order chi connectivity index (χ0) is 21.6. The first-order valence-electron chi connectivity index (χ1n) is 8.67. The van der Waals surface area contributed by atoms with E-state index >= 15 is 0 Å². The summed E-state index contributed by atoms with van der Waals surface area (Å²) in [4.78, 5) is 23.5. The Morgan fingerprint density at radius 3 is 1.58 bits per heavy atom. The van der Waals surface area contributed by atoms with E-state index < -0.39 is 27.1 Å². The van der Waals surface area contributed by atoms with E-state index in [-0.39, 0.29) is 40.9 Å². The number of rotatable bonds is 5. The van der Waals surface area contributed by atoms with Crippen LogP contribution in [0.1, 0.15) is 0 Å². The van der Waals surface area contributed by atoms with Crippen molar-refractivity contribution >= 4 is 44.9 Å². The van der Waals surface area contributed by atoms with Gasteiger partial charge in [-0.25, -0.2) is 18.0 Å². The van der Waals surface area contributed by atoms with Gasteiger partial charge in [0.2, 0.25) is 0 Å². The number of carbonyl (C=O) groups excluding carboxylic acids is 2. The summed E-state index contributed by atoms with van der Waals surface area (Å²) in [6.07, 6.45) is 0. The monoisotopic (exact) mass is 448 g/mol. The van der Waals surface area contributed by atoms with Crippen LogP contribution in [0.2, 0.25) is 0 Å². The van der Waals surface area contributed by atoms with Gasteiger partial charge in [-0.1, -0.05) is 36.4 Å². The van der Waals surface area contributed by atoms with Crippen LogP contribution >= 0.6 is 0 Å². The maximum absolute atomic E-state index is 12.1. The van der Waals surface area contributed by atoms with Crippen molar-refractivity contribution in [2.24, 2.45) is 0 Å². The van der Waals surface area contributed by atoms with Gasteiger partial charge in [-0.2, -0.15) is 0 Å². The molecule has 3 rings (SSSR count). The summed E-state index contributed by atoms with van der Waals surface area (Å²) in [7, 11) is -4.93. The van der Waals surface area contributed by atoms with Gasteiger partial charge in [0.15, 0.2) is 0 Å². The van der Waals surface area contributed by atoms with E-state index in [2.05, 4.69) is 21.3 Å². The second-order valence-electron chi connectivity index (χ2n) is 6.06. The first-order valence-corrected chi connectivity index (χ1v) is 10.1. The third-order valence-electron chi connectivity index (χ3n) is 3.82. The van der Waals surface area contributed by atoms with Gasteiger partial charge in [0.05, 0.1) is 10.6 Å². The zero-order valence-electron chi connectivity index (χ0n) is 16.5. The standard InChI is InChI=1S/C20H18N4O5S.Na/c25-19(21-14-7-3-1-4-8-14)23-16-11-12-17(18(13-16)30(27,28)29)24-20(26)22-15-9-5-2-6-10-15;/h1-13H,(H2,21,23,25)(H2,22,24,26)(H,27,28,29);/q;+1/p-1. The molecule has 154 valence electrons. The largest absolute Gasteiger partial charge is 1.00 e. The fraction of sp³-hybridized carbons (Fsp3) is 0. The molecule has 0 aliphatic rings. The fourth-order valence-electron chi connectivity index (χ4n) is 2.53. The molecule has 0 heterocycles. The summed E-state index contributed by atoms with van der Waals surface area (Å²) in [6, 6.07) is 19.3. The first-order chi connectivity index (χ1) is 14.3. The first kappa shape index (κ1) is 24.4. The smallest absolute Gasteiger partial charge is 0.744 e. The quantitative estimate of drug-likeness (QED) is 0.339. The molecule has 9 nitrogen and oxygen atoms in total. The maximum atomic E-state index is 12.1. The van der Waals surface area contributed by atoms with Crippen molar-refractivity contribution in [2.45, 2.75) is 4.90 Å². The Labute approximate surface area is 201 Å². The molecule has 3 aromatic rings. The van der Waals surface area contributed by atoms with Gasteiger partial charge < -0.3 is 25.8 Å². The average Bonchev–Trinajstić information content (AvgIpc) is 2.70. The van der Waals surface area contributed by atoms with E-state index in [4.69, 9.17) is 0 Å². The SMILES string of the molecule is O=C(Nc1ccccc1)Nc1ccc(NC(=O)Nc2ccccc2)c(S(=O)(=O)[O-])c1.[Na+]. The molecule has 0 unspecified atom stereocenters. The van der Waals surface area contributed by atoms with Crippen LogP contribution in [0, 0.1) is 0 Å². The zero-order valence-corrected chi connectivity index (χ0v) is 19.3. The number of urea groups is 2. The molecule has 0 radical (unpaired) electrons. The summed E-state index contributed by atoms with van der Waals surface area (Å²) in [6.45, 7) is 0. The van der Waals surface area contributed by atoms with E-state index in [1.54, 1.807) is 60.7 Å². The molecule has 31 heavy (non-hydrogen) atoms. The van der Waals surface area contributed by atoms with Crippen molar-refractivity contribution in [2.75, 3.05) is 21.3 Å². The molecule has 0 spiro atoms. The number of nitrogens with one attached hydrogen (secondary N) is 4. The molecular weight excluding hydrogens is 431 g/mol. The van der Waals surface area contributed by atoms with Gasteiger partial charge in [-0.15, -0.1) is 0 Å². The van der Waals surface area contributed by atoms with Crippen LogP contribution in [-0.4, -0.2) is 25.0 Å². The average molecular weight is 448 g/mol. The molecule has 0 aliphatic heterocycles. The second kappa shape index (κ2) is 10.9. The van der Waals surface area contributed by atoms with E-state index in [1.807, 2.05) is 0 Å². The number of carbonyl (C=O) groups is 2. The number of para-hydroxylation sites is 2. The van der Waals surface area contributed by atoms with E-state index in [0.29, 0.717) is 11.4 Å². The van der Waals surface area contributed by atoms with Gasteiger partial charge in [-0.3, -0.25) is 0 Å². The van der Waals surface area contributed by atoms with Gasteiger partial charge in [-0.05, 0) is 42.5 Å². The molecule has 0 bridgehead atoms. The van der Waals surface area contributed by atoms with E-state index in [0.717, 1.165) is 6.07 Å². The third kappa shape index (κ3) is 7.39. The van der Waals surface area contributed by atoms with Crippen LogP contribution in [0.5, 0.6) is 0 Å². The molecule has 0 saturated carbocycles. The van der Waals surface area contributed by atoms with Gasteiger partial charge in [0.25, 0.3) is 0 Å². The maximum Gasteiger partial charge on any atom is 1.00 e. The van der Waals surface area contributed by atoms with Gasteiger partial charge >= 0.3 is 41.6 Å². The van der Waals surface area contributed by atoms with Crippen LogP contribution < -0.4 is 50.8 Å². The number of amides is 4. The molecule has 11 heteroatoms. The molecule has 0 aromatic heterocycles. The summed E-state index contributed by atoms with van der Waals surface area (Å²) in [5.41, 5.74) is 0.860. The summed E-state index contributed by atoms with van der Waals surface area (Å²) in [5, 5.41) is 9.85. The van der Waals surface area contributed by atoms with Crippen molar-refractivity contribution in [1.82, 2.24) is 0 Å². The minimum Gasteiger partial charge on any atom is -0.744 e. The van der Waals surface area contributed by atoms with E-state index in [9.17, 15) is 22.6 Å². The Morgan fingerprint density at radius 2 is 1.10 bits per heavy atom. The van der Waals surface area contributed by atoms with Crippen LogP contribution in [0.25, 0.3) is 0 Å². The summed E-state index contributed by atoms with van der Waals surface area (Å²) in [5.74, 6) is 0. The predicted molar refractivity (Wildman–Crippen MR) is 113 cm³/mol. The molecule has 4 N–H and O–H groups in total. The molecule has 4 amide bonds. The van der Waals surface area contributed by atoms with Crippen molar-refractivity contribution in [3.8, 4) is 0 Å². The Kier molecular flexibility index (Phi) is 8.60. The second-order valence-corrected chi connectivity index (χ2v) is 7.40. The molecule has 0 fully saturated rings. The van der Waals surface area contributed by atoms with Crippen LogP contribution in [0.15, 0.2) is 83.8 Å². The van der Waals surface area contributed by atoms with Crippen LogP contribution in [0.4, 0.5) is 32.3 Å². The third-order valence-corrected chi connectivity index (χ3v) is 4.70. The number of hydrogen-bond acceptors (Lipinski definition) is 5. The van der Waals surface area contributed by atoms with Crippen molar-refractivity contribution < 1.29 is 52.1 Å². The van der Waals surface area contributed by atoms with Crippen molar-refractivity contribution in [3.05, 3.63) is 78.9 Å². The summed E-state index contributed by atoms with van der Waals surface area (Å²) >= 11 is 0. The number of hydrogen-bond donors (Lipinski definition) is 4. The fourth-order valence-corrected chi connectivity index (χ4v) is 3.19. The molecule has 0 saturated heterocycles. The molecular formula is C20H17N4NaO5S. The Balaban J connectivity index is 0.00000341.